The maximum absolute atomic E-state index is 5.92. The van der Waals surface area contributed by atoms with Gasteiger partial charge in [-0.05, 0) is 38.1 Å². The summed E-state index contributed by atoms with van der Waals surface area (Å²) in [6.45, 7) is 6.57. The largest absolute Gasteiger partial charge is 0.329 e. The van der Waals surface area contributed by atoms with Gasteiger partial charge in [0.1, 0.15) is 0 Å². The summed E-state index contributed by atoms with van der Waals surface area (Å²) in [7, 11) is 2.24. The second kappa shape index (κ2) is 5.38. The second-order valence-electron chi connectivity index (χ2n) is 4.84. The molecule has 2 N–H and O–H groups in total. The van der Waals surface area contributed by atoms with Crippen molar-refractivity contribution in [2.24, 2.45) is 11.7 Å². The molecule has 1 aliphatic rings. The molecule has 84 valence electrons. The van der Waals surface area contributed by atoms with E-state index in [1.165, 1.54) is 30.9 Å². The Labute approximate surface area is 92.6 Å². The molecule has 0 amide bonds. The molecule has 0 aromatic carbocycles. The van der Waals surface area contributed by atoms with E-state index in [4.69, 9.17) is 5.73 Å². The zero-order chi connectivity index (χ0) is 10.6. The standard InChI is InChI=1S/C11H24N2S/c1-10(2)4-6-13(3)11(8-12)5-7-14-9-11/h10H,4-9,12H2,1-3H3. The number of hydrogen-bond acceptors (Lipinski definition) is 3. The minimum absolute atomic E-state index is 0.305. The Kier molecular flexibility index (Phi) is 4.74. The molecular formula is C11H24N2S. The summed E-state index contributed by atoms with van der Waals surface area (Å²) in [5.41, 5.74) is 6.23. The quantitative estimate of drug-likeness (QED) is 0.760. The molecular weight excluding hydrogens is 192 g/mol. The van der Waals surface area contributed by atoms with E-state index < -0.39 is 0 Å². The SMILES string of the molecule is CC(C)CCN(C)C1(CN)CCSC1. The highest BCUT2D eigenvalue weighted by Crippen LogP contribution is 2.32. The van der Waals surface area contributed by atoms with Gasteiger partial charge in [-0.3, -0.25) is 4.90 Å². The molecule has 0 bridgehead atoms. The van der Waals surface area contributed by atoms with Crippen molar-refractivity contribution in [3.05, 3.63) is 0 Å². The Morgan fingerprint density at radius 1 is 1.50 bits per heavy atom. The molecule has 14 heavy (non-hydrogen) atoms. The fourth-order valence-electron chi connectivity index (χ4n) is 1.90. The van der Waals surface area contributed by atoms with E-state index in [9.17, 15) is 0 Å². The van der Waals surface area contributed by atoms with Crippen LogP contribution < -0.4 is 5.73 Å². The average Bonchev–Trinajstić information content (AvgIpc) is 2.63. The highest BCUT2D eigenvalue weighted by Gasteiger charge is 2.36. The molecule has 1 unspecified atom stereocenters. The third kappa shape index (κ3) is 2.88. The zero-order valence-electron chi connectivity index (χ0n) is 9.75. The van der Waals surface area contributed by atoms with E-state index in [0.717, 1.165) is 12.5 Å². The summed E-state index contributed by atoms with van der Waals surface area (Å²) in [4.78, 5) is 2.49. The van der Waals surface area contributed by atoms with E-state index in [0.29, 0.717) is 5.54 Å². The second-order valence-corrected chi connectivity index (χ2v) is 5.94. The summed E-state index contributed by atoms with van der Waals surface area (Å²) < 4.78 is 0. The van der Waals surface area contributed by atoms with E-state index in [1.54, 1.807) is 0 Å². The summed E-state index contributed by atoms with van der Waals surface area (Å²) in [6.07, 6.45) is 2.55. The lowest BCUT2D eigenvalue weighted by Crippen LogP contribution is -2.52. The number of likely N-dealkylation sites (N-methyl/N-ethyl adjacent to an activating group) is 1. The van der Waals surface area contributed by atoms with Gasteiger partial charge in [0.05, 0.1) is 0 Å². The topological polar surface area (TPSA) is 29.3 Å². The lowest BCUT2D eigenvalue weighted by Gasteiger charge is -2.37. The molecule has 0 aromatic heterocycles. The van der Waals surface area contributed by atoms with E-state index in [2.05, 4.69) is 25.8 Å². The molecule has 0 spiro atoms. The van der Waals surface area contributed by atoms with Gasteiger partial charge in [0.15, 0.2) is 0 Å². The molecule has 2 nitrogen and oxygen atoms in total. The maximum Gasteiger partial charge on any atom is 0.0426 e. The number of rotatable bonds is 5. The third-order valence-corrected chi connectivity index (χ3v) is 4.55. The van der Waals surface area contributed by atoms with Gasteiger partial charge in [-0.15, -0.1) is 0 Å². The highest BCUT2D eigenvalue weighted by molar-refractivity contribution is 7.99. The Bertz CT molecular complexity index is 165. The lowest BCUT2D eigenvalue weighted by molar-refractivity contribution is 0.144. The molecule has 1 atom stereocenters. The predicted octanol–water partition coefficient (Wildman–Crippen LogP) is 1.80. The van der Waals surface area contributed by atoms with Crippen LogP contribution in [0.5, 0.6) is 0 Å². The fourth-order valence-corrected chi connectivity index (χ4v) is 3.43. The first-order valence-electron chi connectivity index (χ1n) is 5.60. The normalized spacial score (nSPS) is 27.9. The van der Waals surface area contributed by atoms with E-state index >= 15 is 0 Å². The van der Waals surface area contributed by atoms with Crippen LogP contribution in [0, 0.1) is 5.92 Å². The first-order chi connectivity index (χ1) is 6.60. The van der Waals surface area contributed by atoms with Crippen LogP contribution in [-0.4, -0.2) is 42.1 Å². The van der Waals surface area contributed by atoms with Crippen LogP contribution in [0.2, 0.25) is 0 Å². The summed E-state index contributed by atoms with van der Waals surface area (Å²) >= 11 is 2.05. The van der Waals surface area contributed by atoms with Crippen LogP contribution >= 0.6 is 11.8 Å². The van der Waals surface area contributed by atoms with Crippen molar-refractivity contribution in [3.63, 3.8) is 0 Å². The van der Waals surface area contributed by atoms with Crippen LogP contribution in [0.4, 0.5) is 0 Å². The van der Waals surface area contributed by atoms with Gasteiger partial charge < -0.3 is 5.73 Å². The molecule has 3 heteroatoms. The number of nitrogens with zero attached hydrogens (tertiary/aromatic N) is 1. The molecule has 1 fully saturated rings. The highest BCUT2D eigenvalue weighted by atomic mass is 32.2. The molecule has 1 aliphatic heterocycles. The van der Waals surface area contributed by atoms with Crippen molar-refractivity contribution < 1.29 is 0 Å². The van der Waals surface area contributed by atoms with Gasteiger partial charge in [0, 0.05) is 17.8 Å². The Morgan fingerprint density at radius 3 is 2.64 bits per heavy atom. The van der Waals surface area contributed by atoms with Crippen molar-refractivity contribution in [2.45, 2.75) is 32.2 Å². The van der Waals surface area contributed by atoms with Crippen molar-refractivity contribution >= 4 is 11.8 Å². The average molecular weight is 216 g/mol. The van der Waals surface area contributed by atoms with Crippen LogP contribution in [-0.2, 0) is 0 Å². The summed E-state index contributed by atoms with van der Waals surface area (Å²) in [5.74, 6) is 3.29. The Morgan fingerprint density at radius 2 is 2.21 bits per heavy atom. The Balaban J connectivity index is 2.43. The van der Waals surface area contributed by atoms with Gasteiger partial charge in [-0.1, -0.05) is 13.8 Å². The van der Waals surface area contributed by atoms with Gasteiger partial charge >= 0.3 is 0 Å². The van der Waals surface area contributed by atoms with Crippen LogP contribution in [0.1, 0.15) is 26.7 Å². The molecule has 0 radical (unpaired) electrons. The predicted molar refractivity (Wildman–Crippen MR) is 65.8 cm³/mol. The van der Waals surface area contributed by atoms with Crippen molar-refractivity contribution in [3.8, 4) is 0 Å². The Hall–Kier alpha value is 0.270. The zero-order valence-corrected chi connectivity index (χ0v) is 10.6. The monoisotopic (exact) mass is 216 g/mol. The lowest BCUT2D eigenvalue weighted by atomic mass is 9.96. The number of hydrogen-bond donors (Lipinski definition) is 1. The van der Waals surface area contributed by atoms with Crippen LogP contribution in [0.25, 0.3) is 0 Å². The number of nitrogens with two attached hydrogens (primary N) is 1. The minimum Gasteiger partial charge on any atom is -0.329 e. The molecule has 0 aliphatic carbocycles. The van der Waals surface area contributed by atoms with Crippen LogP contribution in [0.3, 0.4) is 0 Å². The van der Waals surface area contributed by atoms with E-state index in [-0.39, 0.29) is 0 Å². The molecule has 1 heterocycles. The number of thioether (sulfide) groups is 1. The minimum atomic E-state index is 0.305. The summed E-state index contributed by atoms with van der Waals surface area (Å²) in [6, 6.07) is 0. The molecule has 1 saturated heterocycles. The first kappa shape index (κ1) is 12.3. The molecule has 1 rings (SSSR count). The van der Waals surface area contributed by atoms with Crippen LogP contribution in [0.15, 0.2) is 0 Å². The maximum atomic E-state index is 5.92. The first-order valence-corrected chi connectivity index (χ1v) is 6.75. The van der Waals surface area contributed by atoms with Crippen molar-refractivity contribution in [2.75, 3.05) is 31.6 Å². The summed E-state index contributed by atoms with van der Waals surface area (Å²) in [5, 5.41) is 0. The molecule has 0 saturated carbocycles. The van der Waals surface area contributed by atoms with Crippen molar-refractivity contribution in [1.29, 1.82) is 0 Å². The van der Waals surface area contributed by atoms with E-state index in [1.807, 2.05) is 11.8 Å². The van der Waals surface area contributed by atoms with Gasteiger partial charge in [0.25, 0.3) is 0 Å². The van der Waals surface area contributed by atoms with Gasteiger partial charge in [-0.25, -0.2) is 0 Å². The van der Waals surface area contributed by atoms with Gasteiger partial charge in [-0.2, -0.15) is 11.8 Å². The molecule has 0 aromatic rings. The van der Waals surface area contributed by atoms with Crippen molar-refractivity contribution in [1.82, 2.24) is 4.90 Å². The third-order valence-electron chi connectivity index (χ3n) is 3.31. The van der Waals surface area contributed by atoms with Gasteiger partial charge in [0.2, 0.25) is 0 Å². The fraction of sp³-hybridized carbons (Fsp3) is 1.00. The smallest absolute Gasteiger partial charge is 0.0426 e.